The smallest absolute Gasteiger partial charge is 0.244 e. The summed E-state index contributed by atoms with van der Waals surface area (Å²) in [6.07, 6.45) is 1.50. The van der Waals surface area contributed by atoms with Crippen LogP contribution in [-0.4, -0.2) is 18.9 Å². The Morgan fingerprint density at radius 1 is 0.968 bits per heavy atom. The Bertz CT molecular complexity index is 1390. The molecular formula is C23H18Cl2N2O3S. The molecule has 0 atom stereocenters. The predicted octanol–water partition coefficient (Wildman–Crippen LogP) is 5.73. The van der Waals surface area contributed by atoms with Crippen LogP contribution >= 0.6 is 23.2 Å². The summed E-state index contributed by atoms with van der Waals surface area (Å²) < 4.78 is 28.2. The third-order valence-electron chi connectivity index (χ3n) is 5.02. The van der Waals surface area contributed by atoms with Gasteiger partial charge in [0.25, 0.3) is 0 Å². The maximum absolute atomic E-state index is 13.3. The normalized spacial score (nSPS) is 11.6. The lowest BCUT2D eigenvalue weighted by Crippen LogP contribution is -2.18. The maximum Gasteiger partial charge on any atom is 0.244 e. The molecule has 4 aromatic rings. The first-order chi connectivity index (χ1) is 14.8. The van der Waals surface area contributed by atoms with E-state index in [0.717, 1.165) is 5.56 Å². The Morgan fingerprint density at radius 2 is 1.68 bits per heavy atom. The van der Waals surface area contributed by atoms with Crippen molar-refractivity contribution < 1.29 is 13.2 Å². The highest BCUT2D eigenvalue weighted by Gasteiger charge is 2.24. The van der Waals surface area contributed by atoms with Crippen molar-refractivity contribution in [2.75, 3.05) is 5.32 Å². The van der Waals surface area contributed by atoms with Gasteiger partial charge in [-0.3, -0.25) is 4.79 Å². The Morgan fingerprint density at radius 3 is 2.42 bits per heavy atom. The largest absolute Gasteiger partial charge is 0.337 e. The molecule has 1 N–H and O–H groups in total. The first-order valence-corrected chi connectivity index (χ1v) is 11.6. The lowest BCUT2D eigenvalue weighted by molar-refractivity contribution is -0.116. The number of amides is 1. The van der Waals surface area contributed by atoms with Gasteiger partial charge in [-0.25, -0.2) is 8.42 Å². The summed E-state index contributed by atoms with van der Waals surface area (Å²) in [5.74, 6) is -0.290. The van der Waals surface area contributed by atoms with E-state index in [1.54, 1.807) is 47.0 Å². The molecule has 4 rings (SSSR count). The fraction of sp³-hybridized carbons (Fsp3) is 0.0870. The van der Waals surface area contributed by atoms with Gasteiger partial charge < -0.3 is 9.88 Å². The highest BCUT2D eigenvalue weighted by molar-refractivity contribution is 7.91. The first kappa shape index (κ1) is 21.4. The molecule has 1 aromatic heterocycles. The fourth-order valence-electron chi connectivity index (χ4n) is 3.39. The third-order valence-corrected chi connectivity index (χ3v) is 7.48. The van der Waals surface area contributed by atoms with Crippen molar-refractivity contribution in [2.24, 2.45) is 0 Å². The summed E-state index contributed by atoms with van der Waals surface area (Å²) in [5, 5.41) is 4.40. The van der Waals surface area contributed by atoms with Gasteiger partial charge in [-0.1, -0.05) is 47.5 Å². The molecule has 5 nitrogen and oxygen atoms in total. The highest BCUT2D eigenvalue weighted by Crippen LogP contribution is 2.31. The number of carbonyl (C=O) groups excluding carboxylic acids is 1. The number of nitrogens with one attached hydrogen (secondary N) is 1. The van der Waals surface area contributed by atoms with Gasteiger partial charge in [0.2, 0.25) is 15.7 Å². The van der Waals surface area contributed by atoms with Gasteiger partial charge in [-0.05, 0) is 55.0 Å². The van der Waals surface area contributed by atoms with E-state index in [1.807, 2.05) is 6.92 Å². The van der Waals surface area contributed by atoms with Gasteiger partial charge in [0.1, 0.15) is 6.54 Å². The van der Waals surface area contributed by atoms with Crippen molar-refractivity contribution in [1.29, 1.82) is 0 Å². The van der Waals surface area contributed by atoms with E-state index in [-0.39, 0.29) is 22.2 Å². The van der Waals surface area contributed by atoms with Crippen molar-refractivity contribution >= 4 is 55.5 Å². The van der Waals surface area contributed by atoms with Crippen molar-refractivity contribution in [1.82, 2.24) is 4.57 Å². The van der Waals surface area contributed by atoms with Gasteiger partial charge in [0.15, 0.2) is 0 Å². The minimum absolute atomic E-state index is 0.0530. The van der Waals surface area contributed by atoms with Crippen LogP contribution in [0.3, 0.4) is 0 Å². The number of hydrogen-bond acceptors (Lipinski definition) is 3. The van der Waals surface area contributed by atoms with E-state index in [1.165, 1.54) is 30.5 Å². The number of sulfone groups is 1. The molecule has 0 unspecified atom stereocenters. The van der Waals surface area contributed by atoms with Gasteiger partial charge in [0, 0.05) is 32.8 Å². The van der Waals surface area contributed by atoms with Gasteiger partial charge in [0.05, 0.1) is 9.79 Å². The number of anilines is 1. The molecule has 0 saturated heterocycles. The topological polar surface area (TPSA) is 68.2 Å². The van der Waals surface area contributed by atoms with E-state index < -0.39 is 9.84 Å². The lowest BCUT2D eigenvalue weighted by atomic mass is 10.2. The molecule has 0 aliphatic carbocycles. The molecule has 0 spiro atoms. The Kier molecular flexibility index (Phi) is 5.79. The quantitative estimate of drug-likeness (QED) is 0.403. The molecular weight excluding hydrogens is 455 g/mol. The van der Waals surface area contributed by atoms with Crippen molar-refractivity contribution in [3.63, 3.8) is 0 Å². The van der Waals surface area contributed by atoms with Crippen molar-refractivity contribution in [3.05, 3.63) is 88.5 Å². The van der Waals surface area contributed by atoms with E-state index >= 15 is 0 Å². The number of aromatic nitrogens is 1. The highest BCUT2D eigenvalue weighted by atomic mass is 35.5. The van der Waals surface area contributed by atoms with Crippen LogP contribution in [-0.2, 0) is 21.2 Å². The molecule has 0 saturated carbocycles. The number of para-hydroxylation sites is 1. The predicted molar refractivity (Wildman–Crippen MR) is 124 cm³/mol. The van der Waals surface area contributed by atoms with Crippen molar-refractivity contribution in [2.45, 2.75) is 23.3 Å². The van der Waals surface area contributed by atoms with Crippen LogP contribution in [0.15, 0.2) is 82.7 Å². The van der Waals surface area contributed by atoms with Crippen LogP contribution in [0.1, 0.15) is 5.56 Å². The molecule has 158 valence electrons. The van der Waals surface area contributed by atoms with Crippen LogP contribution in [0.4, 0.5) is 5.69 Å². The van der Waals surface area contributed by atoms with Crippen LogP contribution in [0.25, 0.3) is 10.9 Å². The van der Waals surface area contributed by atoms with Crippen LogP contribution in [0.2, 0.25) is 10.0 Å². The molecule has 0 aliphatic rings. The zero-order chi connectivity index (χ0) is 22.2. The molecule has 0 fully saturated rings. The number of fused-ring (bicyclic) bond motifs is 1. The molecule has 0 bridgehead atoms. The summed E-state index contributed by atoms with van der Waals surface area (Å²) in [4.78, 5) is 13.0. The number of halogens is 2. The van der Waals surface area contributed by atoms with E-state index in [9.17, 15) is 13.2 Å². The summed E-state index contributed by atoms with van der Waals surface area (Å²) in [7, 11) is -3.80. The van der Waals surface area contributed by atoms with Crippen LogP contribution in [0.5, 0.6) is 0 Å². The van der Waals surface area contributed by atoms with E-state index in [0.29, 0.717) is 26.6 Å². The standard InChI is InChI=1S/C23H18Cl2N2O3S/c1-15-19(25)6-4-7-20(15)26-23(28)14-27-13-22(18-5-2-3-8-21(18)27)31(29,30)17-11-9-16(24)10-12-17/h2-13H,14H2,1H3,(H,26,28). The lowest BCUT2D eigenvalue weighted by Gasteiger charge is -2.10. The minimum Gasteiger partial charge on any atom is -0.337 e. The Balaban J connectivity index is 1.71. The zero-order valence-electron chi connectivity index (χ0n) is 16.5. The number of rotatable bonds is 5. The maximum atomic E-state index is 13.3. The third kappa shape index (κ3) is 4.19. The second-order valence-electron chi connectivity index (χ2n) is 7.06. The zero-order valence-corrected chi connectivity index (χ0v) is 18.8. The van der Waals surface area contributed by atoms with E-state index in [2.05, 4.69) is 5.32 Å². The molecule has 1 heterocycles. The van der Waals surface area contributed by atoms with Gasteiger partial charge >= 0.3 is 0 Å². The molecule has 0 radical (unpaired) electrons. The number of carbonyl (C=O) groups is 1. The second-order valence-corrected chi connectivity index (χ2v) is 9.82. The fourth-order valence-corrected chi connectivity index (χ4v) is 5.16. The van der Waals surface area contributed by atoms with Crippen molar-refractivity contribution in [3.8, 4) is 0 Å². The first-order valence-electron chi connectivity index (χ1n) is 9.41. The molecule has 8 heteroatoms. The molecule has 3 aromatic carbocycles. The average Bonchev–Trinajstić information content (AvgIpc) is 3.11. The average molecular weight is 473 g/mol. The minimum atomic E-state index is -3.80. The van der Waals surface area contributed by atoms with Gasteiger partial charge in [-0.15, -0.1) is 0 Å². The summed E-state index contributed by atoms with van der Waals surface area (Å²) >= 11 is 12.0. The number of nitrogens with zero attached hydrogens (tertiary/aromatic N) is 1. The number of hydrogen-bond donors (Lipinski definition) is 1. The molecule has 31 heavy (non-hydrogen) atoms. The van der Waals surface area contributed by atoms with Crippen LogP contribution in [0, 0.1) is 6.92 Å². The van der Waals surface area contributed by atoms with Crippen LogP contribution < -0.4 is 5.32 Å². The number of benzene rings is 3. The van der Waals surface area contributed by atoms with Gasteiger partial charge in [-0.2, -0.15) is 0 Å². The summed E-state index contributed by atoms with van der Waals surface area (Å²) in [6.45, 7) is 1.77. The summed E-state index contributed by atoms with van der Waals surface area (Å²) in [5.41, 5.74) is 2.02. The Hall–Kier alpha value is -2.80. The second kappa shape index (κ2) is 8.38. The molecule has 1 amide bonds. The monoisotopic (exact) mass is 472 g/mol. The SMILES string of the molecule is Cc1c(Cl)cccc1NC(=O)Cn1cc(S(=O)(=O)c2ccc(Cl)cc2)c2ccccc21. The van der Waals surface area contributed by atoms with E-state index in [4.69, 9.17) is 23.2 Å². The summed E-state index contributed by atoms with van der Waals surface area (Å²) in [6, 6.07) is 18.4. The molecule has 0 aliphatic heterocycles. The Labute approximate surface area is 190 Å².